The van der Waals surface area contributed by atoms with Crippen LogP contribution in [-0.2, 0) is 13.6 Å². The van der Waals surface area contributed by atoms with E-state index in [1.54, 1.807) is 26.2 Å². The Morgan fingerprint density at radius 2 is 2.08 bits per heavy atom. The number of nitrogens with zero attached hydrogens (tertiary/aromatic N) is 4. The fraction of sp³-hybridized carbons (Fsp3) is 0.188. The summed E-state index contributed by atoms with van der Waals surface area (Å²) < 4.78 is 17.4. The van der Waals surface area contributed by atoms with E-state index in [0.29, 0.717) is 20.8 Å². The van der Waals surface area contributed by atoms with E-state index in [9.17, 15) is 9.18 Å². The van der Waals surface area contributed by atoms with Crippen LogP contribution in [0.2, 0.25) is 10.0 Å². The van der Waals surface area contributed by atoms with Crippen molar-refractivity contribution in [1.82, 2.24) is 19.6 Å². The van der Waals surface area contributed by atoms with Crippen LogP contribution in [0.3, 0.4) is 0 Å². The van der Waals surface area contributed by atoms with Gasteiger partial charge < -0.3 is 5.32 Å². The molecule has 0 unspecified atom stereocenters. The zero-order chi connectivity index (χ0) is 19.0. The predicted octanol–water partition coefficient (Wildman–Crippen LogP) is 4.43. The summed E-state index contributed by atoms with van der Waals surface area (Å²) in [5.74, 6) is -0.652. The number of amides is 1. The van der Waals surface area contributed by atoms with Gasteiger partial charge in [0.25, 0.3) is 5.91 Å². The third-order valence-electron chi connectivity index (χ3n) is 3.81. The lowest BCUT2D eigenvalue weighted by Gasteiger charge is -2.06. The number of hydrogen-bond acceptors (Lipinski definition) is 3. The SMILES string of the molecule is Cc1c(Cl)c(C(=O)Nc2nn(Cc3c(F)cccc3Cl)cc2Br)nn1C. The molecule has 1 aromatic carbocycles. The summed E-state index contributed by atoms with van der Waals surface area (Å²) in [5, 5.41) is 11.6. The summed E-state index contributed by atoms with van der Waals surface area (Å²) in [6.07, 6.45) is 1.61. The fourth-order valence-electron chi connectivity index (χ4n) is 2.30. The van der Waals surface area contributed by atoms with Gasteiger partial charge in [0.1, 0.15) is 5.82 Å². The summed E-state index contributed by atoms with van der Waals surface area (Å²) in [6.45, 7) is 1.87. The van der Waals surface area contributed by atoms with Crippen LogP contribution < -0.4 is 5.32 Å². The van der Waals surface area contributed by atoms with Gasteiger partial charge in [-0.15, -0.1) is 0 Å². The normalized spacial score (nSPS) is 11.0. The number of benzene rings is 1. The molecule has 0 spiro atoms. The molecule has 0 radical (unpaired) electrons. The first-order valence-corrected chi connectivity index (χ1v) is 8.99. The van der Waals surface area contributed by atoms with E-state index < -0.39 is 11.7 Å². The molecule has 0 atom stereocenters. The maximum absolute atomic E-state index is 13.9. The van der Waals surface area contributed by atoms with E-state index in [4.69, 9.17) is 23.2 Å². The van der Waals surface area contributed by atoms with Crippen molar-refractivity contribution in [3.05, 3.63) is 61.7 Å². The second-order valence-electron chi connectivity index (χ2n) is 5.55. The molecule has 0 aliphatic heterocycles. The average molecular weight is 461 g/mol. The monoisotopic (exact) mass is 459 g/mol. The van der Waals surface area contributed by atoms with E-state index in [-0.39, 0.29) is 23.1 Å². The van der Waals surface area contributed by atoms with Gasteiger partial charge in [-0.05, 0) is 35.0 Å². The Balaban J connectivity index is 1.82. The van der Waals surface area contributed by atoms with Crippen LogP contribution >= 0.6 is 39.1 Å². The van der Waals surface area contributed by atoms with Crippen molar-refractivity contribution in [3.8, 4) is 0 Å². The fourth-order valence-corrected chi connectivity index (χ4v) is 3.19. The van der Waals surface area contributed by atoms with Crippen LogP contribution in [-0.4, -0.2) is 25.5 Å². The van der Waals surface area contributed by atoms with Gasteiger partial charge in [-0.2, -0.15) is 10.2 Å². The largest absolute Gasteiger partial charge is 0.303 e. The molecular weight excluding hydrogens is 448 g/mol. The van der Waals surface area contributed by atoms with Crippen molar-refractivity contribution in [2.24, 2.45) is 7.05 Å². The molecule has 1 amide bonds. The van der Waals surface area contributed by atoms with Crippen molar-refractivity contribution in [3.63, 3.8) is 0 Å². The molecule has 0 saturated heterocycles. The van der Waals surface area contributed by atoms with Crippen LogP contribution in [0.1, 0.15) is 21.7 Å². The molecule has 2 aromatic heterocycles. The Morgan fingerprint density at radius 3 is 2.69 bits per heavy atom. The molecule has 1 N–H and O–H groups in total. The number of rotatable bonds is 4. The number of aryl methyl sites for hydroxylation is 1. The second-order valence-corrected chi connectivity index (χ2v) is 7.19. The van der Waals surface area contributed by atoms with Gasteiger partial charge in [0.05, 0.1) is 21.7 Å². The zero-order valence-electron chi connectivity index (χ0n) is 13.7. The molecule has 6 nitrogen and oxygen atoms in total. The quantitative estimate of drug-likeness (QED) is 0.626. The summed E-state index contributed by atoms with van der Waals surface area (Å²) in [5.41, 5.74) is 1.09. The lowest BCUT2D eigenvalue weighted by atomic mass is 10.2. The first-order valence-electron chi connectivity index (χ1n) is 7.44. The lowest BCUT2D eigenvalue weighted by molar-refractivity contribution is 0.102. The third-order valence-corrected chi connectivity index (χ3v) is 5.19. The molecule has 3 rings (SSSR count). The van der Waals surface area contributed by atoms with Crippen molar-refractivity contribution < 1.29 is 9.18 Å². The zero-order valence-corrected chi connectivity index (χ0v) is 16.8. The maximum Gasteiger partial charge on any atom is 0.278 e. The Kier molecular flexibility index (Phi) is 5.36. The van der Waals surface area contributed by atoms with Gasteiger partial charge in [0.2, 0.25) is 0 Å². The molecule has 10 heteroatoms. The van der Waals surface area contributed by atoms with Gasteiger partial charge >= 0.3 is 0 Å². The summed E-state index contributed by atoms with van der Waals surface area (Å²) in [4.78, 5) is 12.4. The number of anilines is 1. The summed E-state index contributed by atoms with van der Waals surface area (Å²) in [6, 6.07) is 4.46. The Hall–Kier alpha value is -1.90. The van der Waals surface area contributed by atoms with Gasteiger partial charge in [-0.25, -0.2) is 4.39 Å². The second kappa shape index (κ2) is 7.38. The molecule has 3 aromatic rings. The highest BCUT2D eigenvalue weighted by Crippen LogP contribution is 2.25. The molecule has 0 bridgehead atoms. The van der Waals surface area contributed by atoms with Crippen LogP contribution in [0.4, 0.5) is 10.2 Å². The molecule has 0 saturated carbocycles. The number of hydrogen-bond donors (Lipinski definition) is 1. The maximum atomic E-state index is 13.9. The van der Waals surface area contributed by atoms with E-state index in [1.807, 2.05) is 0 Å². The first kappa shape index (κ1) is 18.9. The Morgan fingerprint density at radius 1 is 1.35 bits per heavy atom. The molecule has 0 fully saturated rings. The van der Waals surface area contributed by atoms with Crippen LogP contribution in [0, 0.1) is 12.7 Å². The Bertz CT molecular complexity index is 981. The molecule has 136 valence electrons. The average Bonchev–Trinajstić information content (AvgIpc) is 3.05. The van der Waals surface area contributed by atoms with Crippen LogP contribution in [0.5, 0.6) is 0 Å². The predicted molar refractivity (Wildman–Crippen MR) is 101 cm³/mol. The molecule has 2 heterocycles. The number of nitrogens with one attached hydrogen (secondary N) is 1. The van der Waals surface area contributed by atoms with Crippen molar-refractivity contribution in [1.29, 1.82) is 0 Å². The smallest absolute Gasteiger partial charge is 0.278 e. The number of carbonyl (C=O) groups is 1. The van der Waals surface area contributed by atoms with Crippen LogP contribution in [0.15, 0.2) is 28.9 Å². The first-order chi connectivity index (χ1) is 12.3. The van der Waals surface area contributed by atoms with E-state index in [0.717, 1.165) is 0 Å². The van der Waals surface area contributed by atoms with Crippen molar-refractivity contribution in [2.75, 3.05) is 5.32 Å². The highest BCUT2D eigenvalue weighted by Gasteiger charge is 2.20. The van der Waals surface area contributed by atoms with Gasteiger partial charge in [-0.1, -0.05) is 29.3 Å². The highest BCUT2D eigenvalue weighted by atomic mass is 79.9. The van der Waals surface area contributed by atoms with E-state index >= 15 is 0 Å². The standard InChI is InChI=1S/C16H13BrCl2FN5O/c1-8-13(19)14(22-24(8)2)16(26)21-15-10(17)7-25(23-15)6-9-11(18)4-3-5-12(9)20/h3-5,7H,6H2,1-2H3,(H,21,23,26). The van der Waals surface area contributed by atoms with Crippen LogP contribution in [0.25, 0.3) is 0 Å². The molecule has 26 heavy (non-hydrogen) atoms. The van der Waals surface area contributed by atoms with E-state index in [2.05, 4.69) is 31.4 Å². The molecule has 0 aliphatic rings. The van der Waals surface area contributed by atoms with Gasteiger partial charge in [0, 0.05) is 23.8 Å². The number of aromatic nitrogens is 4. The Labute approximate surface area is 167 Å². The van der Waals surface area contributed by atoms with Gasteiger partial charge in [-0.3, -0.25) is 14.2 Å². The summed E-state index contributed by atoms with van der Waals surface area (Å²) in [7, 11) is 1.70. The summed E-state index contributed by atoms with van der Waals surface area (Å²) >= 11 is 15.5. The molecule has 0 aliphatic carbocycles. The van der Waals surface area contributed by atoms with Gasteiger partial charge in [0.15, 0.2) is 11.5 Å². The molecular formula is C16H13BrCl2FN5O. The highest BCUT2D eigenvalue weighted by molar-refractivity contribution is 9.10. The lowest BCUT2D eigenvalue weighted by Crippen LogP contribution is -2.14. The number of carbonyl (C=O) groups excluding carboxylic acids is 1. The van der Waals surface area contributed by atoms with Crippen molar-refractivity contribution >= 4 is 50.9 Å². The topological polar surface area (TPSA) is 64.7 Å². The minimum absolute atomic E-state index is 0.102. The van der Waals surface area contributed by atoms with E-state index in [1.165, 1.54) is 21.5 Å². The third kappa shape index (κ3) is 3.62. The minimum Gasteiger partial charge on any atom is -0.303 e. The minimum atomic E-state index is -0.492. The number of halogens is 4. The van der Waals surface area contributed by atoms with Crippen molar-refractivity contribution in [2.45, 2.75) is 13.5 Å².